The van der Waals surface area contributed by atoms with Gasteiger partial charge in [-0.2, -0.15) is 0 Å². The van der Waals surface area contributed by atoms with Crippen molar-refractivity contribution in [3.8, 4) is 5.75 Å². The number of ether oxygens (including phenoxy) is 2. The number of amides is 1. The van der Waals surface area contributed by atoms with Crippen molar-refractivity contribution in [2.75, 3.05) is 38.0 Å². The van der Waals surface area contributed by atoms with E-state index in [2.05, 4.69) is 20.8 Å². The number of thioether (sulfide) groups is 1. The van der Waals surface area contributed by atoms with E-state index >= 15 is 0 Å². The zero-order valence-corrected chi connectivity index (χ0v) is 17.3. The fourth-order valence-corrected chi connectivity index (χ4v) is 4.03. The highest BCUT2D eigenvalue weighted by Gasteiger charge is 2.19. The number of aryl methyl sites for hydroxylation is 1. The second-order valence-corrected chi connectivity index (χ2v) is 8.32. The van der Waals surface area contributed by atoms with E-state index in [1.54, 1.807) is 19.2 Å². The number of hydrogen-bond donors (Lipinski definition) is 2. The van der Waals surface area contributed by atoms with Crippen LogP contribution in [-0.4, -0.2) is 48.7 Å². The van der Waals surface area contributed by atoms with E-state index in [1.807, 2.05) is 13.8 Å². The van der Waals surface area contributed by atoms with Crippen molar-refractivity contribution in [1.29, 1.82) is 0 Å². The summed E-state index contributed by atoms with van der Waals surface area (Å²) in [5.74, 6) is 0.366. The van der Waals surface area contributed by atoms with Gasteiger partial charge in [-0.15, -0.1) is 10.2 Å². The number of hydrogen-bond acceptors (Lipinski definition) is 8. The SMILES string of the molecule is COCCNc1nnc(SC(C)C(=O)Nc2cc(C)c(Cl)cc2OC)s1. The fourth-order valence-electron chi connectivity index (χ4n) is 1.96. The number of nitrogens with one attached hydrogen (secondary N) is 2. The van der Waals surface area contributed by atoms with E-state index in [4.69, 9.17) is 21.1 Å². The molecule has 0 aliphatic carbocycles. The Balaban J connectivity index is 1.97. The molecule has 26 heavy (non-hydrogen) atoms. The van der Waals surface area contributed by atoms with Gasteiger partial charge >= 0.3 is 0 Å². The number of halogens is 1. The van der Waals surface area contributed by atoms with E-state index in [0.29, 0.717) is 39.1 Å². The third kappa shape index (κ3) is 5.73. The number of carbonyl (C=O) groups excluding carboxylic acids is 1. The maximum Gasteiger partial charge on any atom is 0.237 e. The Morgan fingerprint density at radius 2 is 2.15 bits per heavy atom. The van der Waals surface area contributed by atoms with Crippen molar-refractivity contribution in [2.24, 2.45) is 0 Å². The largest absolute Gasteiger partial charge is 0.495 e. The molecular formula is C16H21ClN4O3S2. The van der Waals surface area contributed by atoms with Crippen LogP contribution in [0, 0.1) is 6.92 Å². The Morgan fingerprint density at radius 1 is 1.38 bits per heavy atom. The van der Waals surface area contributed by atoms with Gasteiger partial charge in [0.1, 0.15) is 5.75 Å². The molecule has 2 aromatic rings. The van der Waals surface area contributed by atoms with Crippen LogP contribution in [0.5, 0.6) is 5.75 Å². The first-order chi connectivity index (χ1) is 12.4. The minimum Gasteiger partial charge on any atom is -0.495 e. The van der Waals surface area contributed by atoms with Crippen LogP contribution in [0.3, 0.4) is 0 Å². The van der Waals surface area contributed by atoms with Crippen LogP contribution < -0.4 is 15.4 Å². The third-order valence-corrected chi connectivity index (χ3v) is 5.85. The second-order valence-electron chi connectivity index (χ2n) is 5.34. The Labute approximate surface area is 165 Å². The maximum atomic E-state index is 12.5. The smallest absolute Gasteiger partial charge is 0.237 e. The van der Waals surface area contributed by atoms with Gasteiger partial charge in [-0.3, -0.25) is 4.79 Å². The first kappa shape index (κ1) is 20.8. The standard InChI is InChI=1S/C16H21ClN4O3S2/c1-9-7-12(13(24-4)8-11(9)17)19-14(22)10(2)25-16-21-20-15(26-16)18-5-6-23-3/h7-8,10H,5-6H2,1-4H3,(H,18,20)(H,19,22). The summed E-state index contributed by atoms with van der Waals surface area (Å²) in [6.45, 7) is 4.92. The quantitative estimate of drug-likeness (QED) is 0.476. The van der Waals surface area contributed by atoms with Crippen LogP contribution in [-0.2, 0) is 9.53 Å². The molecule has 0 fully saturated rings. The van der Waals surface area contributed by atoms with Crippen LogP contribution in [0.4, 0.5) is 10.8 Å². The zero-order valence-electron chi connectivity index (χ0n) is 15.0. The van der Waals surface area contributed by atoms with E-state index < -0.39 is 0 Å². The summed E-state index contributed by atoms with van der Waals surface area (Å²) in [5.41, 5.74) is 1.45. The van der Waals surface area contributed by atoms with Gasteiger partial charge in [0.25, 0.3) is 0 Å². The van der Waals surface area contributed by atoms with E-state index in [9.17, 15) is 4.79 Å². The number of anilines is 2. The molecule has 142 valence electrons. The minimum atomic E-state index is -0.351. The van der Waals surface area contributed by atoms with Crippen LogP contribution in [0.1, 0.15) is 12.5 Å². The topological polar surface area (TPSA) is 85.4 Å². The normalized spacial score (nSPS) is 11.9. The average Bonchev–Trinajstić information content (AvgIpc) is 3.05. The summed E-state index contributed by atoms with van der Waals surface area (Å²) < 4.78 is 11.0. The summed E-state index contributed by atoms with van der Waals surface area (Å²) in [6, 6.07) is 3.48. The van der Waals surface area contributed by atoms with Crippen LogP contribution >= 0.6 is 34.7 Å². The van der Waals surface area contributed by atoms with E-state index in [-0.39, 0.29) is 11.2 Å². The molecule has 1 atom stereocenters. The molecule has 0 aliphatic heterocycles. The van der Waals surface area contributed by atoms with Gasteiger partial charge in [0.2, 0.25) is 11.0 Å². The number of carbonyl (C=O) groups is 1. The lowest BCUT2D eigenvalue weighted by Crippen LogP contribution is -2.22. The molecule has 0 radical (unpaired) electrons. The van der Waals surface area contributed by atoms with Gasteiger partial charge < -0.3 is 20.1 Å². The van der Waals surface area contributed by atoms with Gasteiger partial charge in [0.15, 0.2) is 4.34 Å². The molecule has 1 aromatic carbocycles. The average molecular weight is 417 g/mol. The summed E-state index contributed by atoms with van der Waals surface area (Å²) in [5, 5.41) is 15.1. The summed E-state index contributed by atoms with van der Waals surface area (Å²) in [6.07, 6.45) is 0. The van der Waals surface area contributed by atoms with Crippen molar-refractivity contribution in [3.05, 3.63) is 22.7 Å². The minimum absolute atomic E-state index is 0.154. The van der Waals surface area contributed by atoms with Crippen LogP contribution in [0.15, 0.2) is 16.5 Å². The monoisotopic (exact) mass is 416 g/mol. The maximum absolute atomic E-state index is 12.5. The molecule has 10 heteroatoms. The molecule has 0 saturated heterocycles. The molecule has 1 amide bonds. The molecule has 0 aliphatic rings. The summed E-state index contributed by atoms with van der Waals surface area (Å²) in [4.78, 5) is 12.5. The fraction of sp³-hybridized carbons (Fsp3) is 0.438. The number of methoxy groups -OCH3 is 2. The number of benzene rings is 1. The summed E-state index contributed by atoms with van der Waals surface area (Å²) >= 11 is 8.84. The zero-order chi connectivity index (χ0) is 19.1. The van der Waals surface area contributed by atoms with Gasteiger partial charge in [0, 0.05) is 24.7 Å². The molecule has 2 N–H and O–H groups in total. The predicted octanol–water partition coefficient (Wildman–Crippen LogP) is 3.69. The van der Waals surface area contributed by atoms with Gasteiger partial charge in [0.05, 0.1) is 24.7 Å². The van der Waals surface area contributed by atoms with Crippen molar-refractivity contribution >= 4 is 51.4 Å². The molecule has 0 saturated carbocycles. The van der Waals surface area contributed by atoms with Gasteiger partial charge in [-0.25, -0.2) is 0 Å². The molecule has 1 heterocycles. The summed E-state index contributed by atoms with van der Waals surface area (Å²) in [7, 11) is 3.18. The number of nitrogens with zero attached hydrogens (tertiary/aromatic N) is 2. The van der Waals surface area contributed by atoms with Crippen molar-refractivity contribution < 1.29 is 14.3 Å². The van der Waals surface area contributed by atoms with Gasteiger partial charge in [-0.1, -0.05) is 34.7 Å². The van der Waals surface area contributed by atoms with Crippen molar-refractivity contribution in [3.63, 3.8) is 0 Å². The highest BCUT2D eigenvalue weighted by Crippen LogP contribution is 2.33. The molecule has 1 aromatic heterocycles. The Kier molecular flexibility index (Phi) is 7.95. The Morgan fingerprint density at radius 3 is 2.85 bits per heavy atom. The van der Waals surface area contributed by atoms with Crippen molar-refractivity contribution in [2.45, 2.75) is 23.4 Å². The highest BCUT2D eigenvalue weighted by molar-refractivity contribution is 8.02. The Bertz CT molecular complexity index is 757. The van der Waals surface area contributed by atoms with Gasteiger partial charge in [-0.05, 0) is 25.5 Å². The van der Waals surface area contributed by atoms with Crippen molar-refractivity contribution in [1.82, 2.24) is 10.2 Å². The first-order valence-corrected chi connectivity index (χ1v) is 9.90. The second kappa shape index (κ2) is 9.96. The lowest BCUT2D eigenvalue weighted by atomic mass is 10.2. The molecule has 1 unspecified atom stereocenters. The first-order valence-electron chi connectivity index (χ1n) is 7.82. The lowest BCUT2D eigenvalue weighted by molar-refractivity contribution is -0.115. The van der Waals surface area contributed by atoms with E-state index in [1.165, 1.54) is 30.2 Å². The number of aromatic nitrogens is 2. The highest BCUT2D eigenvalue weighted by atomic mass is 35.5. The van der Waals surface area contributed by atoms with Crippen LogP contribution in [0.25, 0.3) is 0 Å². The molecule has 0 spiro atoms. The molecular weight excluding hydrogens is 396 g/mol. The number of rotatable bonds is 9. The molecule has 7 nitrogen and oxygen atoms in total. The molecule has 0 bridgehead atoms. The van der Waals surface area contributed by atoms with E-state index in [0.717, 1.165) is 5.56 Å². The lowest BCUT2D eigenvalue weighted by Gasteiger charge is -2.14. The van der Waals surface area contributed by atoms with Crippen LogP contribution in [0.2, 0.25) is 5.02 Å². The molecule has 2 rings (SSSR count). The predicted molar refractivity (Wildman–Crippen MR) is 107 cm³/mol. The Hall–Kier alpha value is -1.55. The third-order valence-electron chi connectivity index (χ3n) is 3.37.